The predicted octanol–water partition coefficient (Wildman–Crippen LogP) is 4.00. The van der Waals surface area contributed by atoms with Gasteiger partial charge in [-0.2, -0.15) is 4.98 Å². The second-order valence-corrected chi connectivity index (χ2v) is 6.66. The Kier molecular flexibility index (Phi) is 5.54. The van der Waals surface area contributed by atoms with Gasteiger partial charge in [0.1, 0.15) is 5.82 Å². The monoisotopic (exact) mass is 374 g/mol. The molecular formula is C19H20ClFN4O. The van der Waals surface area contributed by atoms with Gasteiger partial charge in [0.25, 0.3) is 0 Å². The van der Waals surface area contributed by atoms with E-state index in [-0.39, 0.29) is 11.0 Å². The number of benzene rings is 2. The van der Waals surface area contributed by atoms with Gasteiger partial charge < -0.3 is 15.4 Å². The zero-order valence-corrected chi connectivity index (χ0v) is 15.4. The molecule has 0 aliphatic rings. The molecule has 5 nitrogen and oxygen atoms in total. The number of nitrogens with two attached hydrogens (primary N) is 1. The molecule has 1 heterocycles. The van der Waals surface area contributed by atoms with Crippen molar-refractivity contribution >= 4 is 28.5 Å². The standard InChI is InChI=1S/C19H20ClFN4O/c1-25(2)8-3-9-26-18-14-10-12(5-7-17(14)23-19(22)24-18)13-4-6-16(21)15(20)11-13/h4-7,10-11H,3,8-9H2,1-2H3,(H2,22,23,24). The number of hydrogen-bond acceptors (Lipinski definition) is 5. The van der Waals surface area contributed by atoms with Crippen LogP contribution in [-0.4, -0.2) is 42.1 Å². The minimum Gasteiger partial charge on any atom is -0.477 e. The molecule has 2 aromatic carbocycles. The Balaban J connectivity index is 1.94. The average molecular weight is 375 g/mol. The first kappa shape index (κ1) is 18.4. The van der Waals surface area contributed by atoms with Gasteiger partial charge in [-0.25, -0.2) is 9.37 Å². The first-order chi connectivity index (χ1) is 12.4. The second kappa shape index (κ2) is 7.85. The van der Waals surface area contributed by atoms with Gasteiger partial charge in [-0.05, 0) is 55.9 Å². The summed E-state index contributed by atoms with van der Waals surface area (Å²) >= 11 is 5.90. The van der Waals surface area contributed by atoms with E-state index in [1.54, 1.807) is 12.1 Å². The van der Waals surface area contributed by atoms with Gasteiger partial charge in [0, 0.05) is 6.54 Å². The van der Waals surface area contributed by atoms with E-state index in [0.717, 1.165) is 29.5 Å². The third kappa shape index (κ3) is 4.20. The summed E-state index contributed by atoms with van der Waals surface area (Å²) in [6.07, 6.45) is 0.867. The van der Waals surface area contributed by atoms with Crippen molar-refractivity contribution in [3.63, 3.8) is 0 Å². The summed E-state index contributed by atoms with van der Waals surface area (Å²) in [5.74, 6) is 0.163. The van der Waals surface area contributed by atoms with E-state index in [1.165, 1.54) is 6.07 Å². The molecular weight excluding hydrogens is 355 g/mol. The summed E-state index contributed by atoms with van der Waals surface area (Å²) in [6.45, 7) is 1.44. The van der Waals surface area contributed by atoms with E-state index in [0.29, 0.717) is 18.0 Å². The normalized spacial score (nSPS) is 11.3. The number of aromatic nitrogens is 2. The first-order valence-corrected chi connectivity index (χ1v) is 8.62. The molecule has 0 amide bonds. The lowest BCUT2D eigenvalue weighted by Gasteiger charge is -2.12. The van der Waals surface area contributed by atoms with Crippen molar-refractivity contribution in [2.45, 2.75) is 6.42 Å². The highest BCUT2D eigenvalue weighted by atomic mass is 35.5. The van der Waals surface area contributed by atoms with Crippen LogP contribution in [0.25, 0.3) is 22.0 Å². The fourth-order valence-corrected chi connectivity index (χ4v) is 2.81. The molecule has 136 valence electrons. The summed E-state index contributed by atoms with van der Waals surface area (Å²) in [4.78, 5) is 10.6. The molecule has 0 spiro atoms. The molecule has 26 heavy (non-hydrogen) atoms. The molecule has 0 unspecified atom stereocenters. The molecule has 0 bridgehead atoms. The topological polar surface area (TPSA) is 64.3 Å². The Morgan fingerprint density at radius 2 is 1.85 bits per heavy atom. The van der Waals surface area contributed by atoms with E-state index in [2.05, 4.69) is 14.9 Å². The molecule has 0 saturated carbocycles. The van der Waals surface area contributed by atoms with Crippen LogP contribution in [-0.2, 0) is 0 Å². The summed E-state index contributed by atoms with van der Waals surface area (Å²) in [5.41, 5.74) is 8.15. The highest BCUT2D eigenvalue weighted by Crippen LogP contribution is 2.31. The summed E-state index contributed by atoms with van der Waals surface area (Å²) in [7, 11) is 4.02. The predicted molar refractivity (Wildman–Crippen MR) is 103 cm³/mol. The molecule has 7 heteroatoms. The maximum absolute atomic E-state index is 13.4. The molecule has 0 atom stereocenters. The van der Waals surface area contributed by atoms with Crippen LogP contribution >= 0.6 is 11.6 Å². The van der Waals surface area contributed by atoms with Crippen LogP contribution in [0.1, 0.15) is 6.42 Å². The van der Waals surface area contributed by atoms with Gasteiger partial charge in [0.15, 0.2) is 0 Å². The van der Waals surface area contributed by atoms with Crippen LogP contribution in [0.5, 0.6) is 5.88 Å². The third-order valence-electron chi connectivity index (χ3n) is 3.92. The Morgan fingerprint density at radius 1 is 1.12 bits per heavy atom. The lowest BCUT2D eigenvalue weighted by molar-refractivity contribution is 0.276. The molecule has 0 fully saturated rings. The lowest BCUT2D eigenvalue weighted by atomic mass is 10.0. The van der Waals surface area contributed by atoms with E-state index in [1.807, 2.05) is 32.3 Å². The number of fused-ring (bicyclic) bond motifs is 1. The number of nitrogen functional groups attached to an aromatic ring is 1. The fraction of sp³-hybridized carbons (Fsp3) is 0.263. The average Bonchev–Trinajstić information content (AvgIpc) is 2.60. The maximum atomic E-state index is 13.4. The Morgan fingerprint density at radius 3 is 2.58 bits per heavy atom. The van der Waals surface area contributed by atoms with Crippen molar-refractivity contribution in [1.82, 2.24) is 14.9 Å². The van der Waals surface area contributed by atoms with E-state index in [9.17, 15) is 4.39 Å². The highest BCUT2D eigenvalue weighted by Gasteiger charge is 2.11. The van der Waals surface area contributed by atoms with Crippen molar-refractivity contribution in [1.29, 1.82) is 0 Å². The molecule has 3 aromatic rings. The molecule has 3 rings (SSSR count). The smallest absolute Gasteiger partial charge is 0.226 e. The van der Waals surface area contributed by atoms with Gasteiger partial charge in [0.05, 0.1) is 22.5 Å². The minimum atomic E-state index is -0.447. The van der Waals surface area contributed by atoms with Gasteiger partial charge in [0.2, 0.25) is 11.8 Å². The third-order valence-corrected chi connectivity index (χ3v) is 4.21. The number of rotatable bonds is 6. The van der Waals surface area contributed by atoms with E-state index >= 15 is 0 Å². The lowest BCUT2D eigenvalue weighted by Crippen LogP contribution is -2.16. The number of halogens is 2. The zero-order valence-electron chi connectivity index (χ0n) is 14.7. The minimum absolute atomic E-state index is 0.0799. The molecule has 0 saturated heterocycles. The van der Waals surface area contributed by atoms with Crippen LogP contribution in [0.15, 0.2) is 36.4 Å². The van der Waals surface area contributed by atoms with Crippen LogP contribution < -0.4 is 10.5 Å². The van der Waals surface area contributed by atoms with E-state index < -0.39 is 5.82 Å². The Labute approximate surface area is 156 Å². The summed E-state index contributed by atoms with van der Waals surface area (Å²) in [5, 5.41) is 0.832. The number of anilines is 1. The summed E-state index contributed by atoms with van der Waals surface area (Å²) in [6, 6.07) is 10.2. The quantitative estimate of drug-likeness (QED) is 0.660. The SMILES string of the molecule is CN(C)CCCOc1nc(N)nc2ccc(-c3ccc(F)c(Cl)c3)cc12. The largest absolute Gasteiger partial charge is 0.477 e. The van der Waals surface area contributed by atoms with Crippen molar-refractivity contribution in [3.05, 3.63) is 47.2 Å². The van der Waals surface area contributed by atoms with Crippen LogP contribution in [0.3, 0.4) is 0 Å². The fourth-order valence-electron chi connectivity index (χ4n) is 2.63. The van der Waals surface area contributed by atoms with Crippen LogP contribution in [0.4, 0.5) is 10.3 Å². The highest BCUT2D eigenvalue weighted by molar-refractivity contribution is 6.31. The molecule has 0 aliphatic carbocycles. The van der Waals surface area contributed by atoms with Crippen molar-refractivity contribution < 1.29 is 9.13 Å². The number of hydrogen-bond donors (Lipinski definition) is 1. The molecule has 1 aromatic heterocycles. The van der Waals surface area contributed by atoms with Gasteiger partial charge in [-0.15, -0.1) is 0 Å². The second-order valence-electron chi connectivity index (χ2n) is 6.25. The molecule has 2 N–H and O–H groups in total. The Hall–Kier alpha value is -2.44. The number of ether oxygens (including phenoxy) is 1. The van der Waals surface area contributed by atoms with Crippen LogP contribution in [0.2, 0.25) is 5.02 Å². The van der Waals surface area contributed by atoms with Crippen LogP contribution in [0, 0.1) is 5.82 Å². The van der Waals surface area contributed by atoms with Crippen molar-refractivity contribution in [2.24, 2.45) is 0 Å². The number of nitrogens with zero attached hydrogens (tertiary/aromatic N) is 3. The Bertz CT molecular complexity index is 933. The first-order valence-electron chi connectivity index (χ1n) is 8.24. The van der Waals surface area contributed by atoms with Gasteiger partial charge in [-0.1, -0.05) is 23.7 Å². The zero-order chi connectivity index (χ0) is 18.7. The summed E-state index contributed by atoms with van der Waals surface area (Å²) < 4.78 is 19.3. The van der Waals surface area contributed by atoms with Gasteiger partial charge >= 0.3 is 0 Å². The van der Waals surface area contributed by atoms with Crippen molar-refractivity contribution in [2.75, 3.05) is 33.0 Å². The van der Waals surface area contributed by atoms with Crippen molar-refractivity contribution in [3.8, 4) is 17.0 Å². The van der Waals surface area contributed by atoms with Gasteiger partial charge in [-0.3, -0.25) is 0 Å². The van der Waals surface area contributed by atoms with E-state index in [4.69, 9.17) is 22.1 Å². The maximum Gasteiger partial charge on any atom is 0.226 e. The molecule has 0 aliphatic heterocycles. The molecule has 0 radical (unpaired) electrons.